The predicted octanol–water partition coefficient (Wildman–Crippen LogP) is 1.39. The third-order valence-electron chi connectivity index (χ3n) is 3.67. The first-order valence-corrected chi connectivity index (χ1v) is 9.26. The van der Waals surface area contributed by atoms with Crippen molar-refractivity contribution in [1.82, 2.24) is 10.6 Å². The Morgan fingerprint density at radius 3 is 2.24 bits per heavy atom. The van der Waals surface area contributed by atoms with Crippen LogP contribution in [-0.2, 0) is 30.5 Å². The van der Waals surface area contributed by atoms with E-state index in [2.05, 4.69) is 10.6 Å². The van der Waals surface area contributed by atoms with Gasteiger partial charge in [0.05, 0.1) is 0 Å². The van der Waals surface area contributed by atoms with Gasteiger partial charge >= 0.3 is 12.1 Å². The largest absolute Gasteiger partial charge is 0.461 e. The normalized spacial score (nSPS) is 13.0. The van der Waals surface area contributed by atoms with Crippen molar-refractivity contribution < 1.29 is 28.7 Å². The smallest absolute Gasteiger partial charge is 0.408 e. The number of carbonyl (C=O) groups is 4. The summed E-state index contributed by atoms with van der Waals surface area (Å²) < 4.78 is 10.2. The van der Waals surface area contributed by atoms with E-state index in [9.17, 15) is 19.2 Å². The highest BCUT2D eigenvalue weighted by Crippen LogP contribution is 2.07. The van der Waals surface area contributed by atoms with Gasteiger partial charge in [0.2, 0.25) is 11.8 Å². The summed E-state index contributed by atoms with van der Waals surface area (Å²) in [5.41, 5.74) is 5.43. The molecule has 2 unspecified atom stereocenters. The molecule has 160 valence electrons. The summed E-state index contributed by atoms with van der Waals surface area (Å²) in [6.07, 6.45) is -0.886. The lowest BCUT2D eigenvalue weighted by molar-refractivity contribution is -0.145. The Kier molecular flexibility index (Phi) is 9.11. The molecule has 0 aliphatic carbocycles. The van der Waals surface area contributed by atoms with Crippen molar-refractivity contribution in [3.05, 3.63) is 35.9 Å². The molecule has 4 N–H and O–H groups in total. The standard InChI is InChI=1S/C20H29N3O6/c1-13(22-19(27)29-20(2,3)4)18(26)23-15(17(21)25)10-11-16(24)28-12-14-8-6-5-7-9-14/h5-9,13,15H,10-12H2,1-4H3,(H2,21,25)(H,22,27)(H,23,26). The molecule has 1 rings (SSSR count). The van der Waals surface area contributed by atoms with Crippen LogP contribution < -0.4 is 16.4 Å². The maximum Gasteiger partial charge on any atom is 0.408 e. The van der Waals surface area contributed by atoms with E-state index in [0.29, 0.717) is 0 Å². The second-order valence-corrected chi connectivity index (χ2v) is 7.52. The molecule has 9 heteroatoms. The molecule has 0 fully saturated rings. The number of amides is 3. The molecule has 3 amide bonds. The second-order valence-electron chi connectivity index (χ2n) is 7.52. The number of nitrogens with one attached hydrogen (secondary N) is 2. The molecule has 0 bridgehead atoms. The van der Waals surface area contributed by atoms with Crippen molar-refractivity contribution >= 4 is 23.9 Å². The number of ether oxygens (including phenoxy) is 2. The zero-order chi connectivity index (χ0) is 22.0. The van der Waals surface area contributed by atoms with Gasteiger partial charge in [-0.2, -0.15) is 0 Å². The maximum atomic E-state index is 12.2. The quantitative estimate of drug-likeness (QED) is 0.529. The average molecular weight is 407 g/mol. The van der Waals surface area contributed by atoms with Crippen LogP contribution in [-0.4, -0.2) is 41.6 Å². The number of rotatable bonds is 9. The van der Waals surface area contributed by atoms with Crippen LogP contribution in [0.1, 0.15) is 46.1 Å². The van der Waals surface area contributed by atoms with Gasteiger partial charge in [-0.1, -0.05) is 30.3 Å². The fourth-order valence-corrected chi connectivity index (χ4v) is 2.20. The lowest BCUT2D eigenvalue weighted by Crippen LogP contribution is -2.52. The van der Waals surface area contributed by atoms with Crippen LogP contribution in [0.5, 0.6) is 0 Å². The van der Waals surface area contributed by atoms with Crippen molar-refractivity contribution in [3.63, 3.8) is 0 Å². The topological polar surface area (TPSA) is 137 Å². The SMILES string of the molecule is CC(NC(=O)OC(C)(C)C)C(=O)NC(CCC(=O)OCc1ccccc1)C(N)=O. The van der Waals surface area contributed by atoms with Gasteiger partial charge < -0.3 is 25.8 Å². The average Bonchev–Trinajstić information content (AvgIpc) is 2.62. The number of hydrogen-bond donors (Lipinski definition) is 3. The number of esters is 1. The van der Waals surface area contributed by atoms with Gasteiger partial charge in [0.25, 0.3) is 0 Å². The molecule has 1 aromatic rings. The van der Waals surface area contributed by atoms with Gasteiger partial charge in [-0.3, -0.25) is 14.4 Å². The lowest BCUT2D eigenvalue weighted by Gasteiger charge is -2.22. The highest BCUT2D eigenvalue weighted by molar-refractivity contribution is 5.90. The summed E-state index contributed by atoms with van der Waals surface area (Å²) >= 11 is 0. The maximum absolute atomic E-state index is 12.2. The first-order valence-electron chi connectivity index (χ1n) is 9.26. The molecule has 2 atom stereocenters. The Hall–Kier alpha value is -3.10. The number of alkyl carbamates (subject to hydrolysis) is 1. The summed E-state index contributed by atoms with van der Waals surface area (Å²) in [4.78, 5) is 47.4. The van der Waals surface area contributed by atoms with E-state index < -0.39 is 41.6 Å². The van der Waals surface area contributed by atoms with E-state index in [1.807, 2.05) is 30.3 Å². The van der Waals surface area contributed by atoms with Gasteiger partial charge in [-0.25, -0.2) is 4.79 Å². The zero-order valence-electron chi connectivity index (χ0n) is 17.2. The minimum atomic E-state index is -1.07. The molecule has 29 heavy (non-hydrogen) atoms. The van der Waals surface area contributed by atoms with Crippen LogP contribution in [0.25, 0.3) is 0 Å². The Bertz CT molecular complexity index is 715. The highest BCUT2D eigenvalue weighted by atomic mass is 16.6. The molecule has 0 heterocycles. The van der Waals surface area contributed by atoms with Crippen LogP contribution in [0.4, 0.5) is 4.79 Å². The molecule has 0 aliphatic rings. The first kappa shape index (κ1) is 23.9. The predicted molar refractivity (Wildman–Crippen MR) is 105 cm³/mol. The zero-order valence-corrected chi connectivity index (χ0v) is 17.2. The summed E-state index contributed by atoms with van der Waals surface area (Å²) in [6, 6.07) is 7.11. The van der Waals surface area contributed by atoms with Gasteiger partial charge in [-0.05, 0) is 39.7 Å². The van der Waals surface area contributed by atoms with Crippen molar-refractivity contribution in [2.45, 2.75) is 64.8 Å². The van der Waals surface area contributed by atoms with E-state index in [0.717, 1.165) is 5.56 Å². The van der Waals surface area contributed by atoms with E-state index in [1.54, 1.807) is 20.8 Å². The van der Waals surface area contributed by atoms with Crippen molar-refractivity contribution in [2.75, 3.05) is 0 Å². The van der Waals surface area contributed by atoms with E-state index in [4.69, 9.17) is 15.2 Å². The van der Waals surface area contributed by atoms with Crippen LogP contribution >= 0.6 is 0 Å². The van der Waals surface area contributed by atoms with E-state index >= 15 is 0 Å². The Balaban J connectivity index is 2.47. The highest BCUT2D eigenvalue weighted by Gasteiger charge is 2.25. The fourth-order valence-electron chi connectivity index (χ4n) is 2.20. The molecular weight excluding hydrogens is 378 g/mol. The molecule has 0 saturated heterocycles. The van der Waals surface area contributed by atoms with Crippen LogP contribution in [0.2, 0.25) is 0 Å². The van der Waals surface area contributed by atoms with Crippen LogP contribution in [0.3, 0.4) is 0 Å². The van der Waals surface area contributed by atoms with Gasteiger partial charge in [0.1, 0.15) is 24.3 Å². The molecule has 0 radical (unpaired) electrons. The van der Waals surface area contributed by atoms with Gasteiger partial charge in [-0.15, -0.1) is 0 Å². The van der Waals surface area contributed by atoms with Crippen molar-refractivity contribution in [1.29, 1.82) is 0 Å². The van der Waals surface area contributed by atoms with E-state index in [-0.39, 0.29) is 19.4 Å². The fraction of sp³-hybridized carbons (Fsp3) is 0.500. The first-order chi connectivity index (χ1) is 13.5. The third kappa shape index (κ3) is 10.1. The summed E-state index contributed by atoms with van der Waals surface area (Å²) in [5, 5.41) is 4.79. The minimum absolute atomic E-state index is 0.0200. The molecule has 0 aromatic heterocycles. The third-order valence-corrected chi connectivity index (χ3v) is 3.67. The Labute approximate surface area is 170 Å². The van der Waals surface area contributed by atoms with Gasteiger partial charge in [0.15, 0.2) is 0 Å². The molecule has 0 spiro atoms. The molecule has 0 saturated carbocycles. The molecule has 1 aromatic carbocycles. The summed E-state index contributed by atoms with van der Waals surface area (Å²) in [6.45, 7) is 6.63. The van der Waals surface area contributed by atoms with E-state index in [1.165, 1.54) is 6.92 Å². The lowest BCUT2D eigenvalue weighted by atomic mass is 10.1. The molecule has 9 nitrogen and oxygen atoms in total. The number of primary amides is 1. The van der Waals surface area contributed by atoms with Gasteiger partial charge in [0, 0.05) is 6.42 Å². The van der Waals surface area contributed by atoms with Crippen molar-refractivity contribution in [2.24, 2.45) is 5.73 Å². The molecular formula is C20H29N3O6. The van der Waals surface area contributed by atoms with Crippen LogP contribution in [0, 0.1) is 0 Å². The number of carbonyl (C=O) groups excluding carboxylic acids is 4. The van der Waals surface area contributed by atoms with Crippen molar-refractivity contribution in [3.8, 4) is 0 Å². The summed E-state index contributed by atoms with van der Waals surface area (Å²) in [5.74, 6) is -1.94. The minimum Gasteiger partial charge on any atom is -0.461 e. The van der Waals surface area contributed by atoms with Crippen LogP contribution in [0.15, 0.2) is 30.3 Å². The number of hydrogen-bond acceptors (Lipinski definition) is 6. The Morgan fingerprint density at radius 1 is 1.07 bits per heavy atom. The number of nitrogens with two attached hydrogens (primary N) is 1. The molecule has 0 aliphatic heterocycles. The number of benzene rings is 1. The second kappa shape index (κ2) is 11.0. The Morgan fingerprint density at radius 2 is 1.69 bits per heavy atom. The monoisotopic (exact) mass is 407 g/mol. The summed E-state index contributed by atoms with van der Waals surface area (Å²) in [7, 11) is 0.